The normalized spacial score (nSPS) is 10.9. The lowest BCUT2D eigenvalue weighted by molar-refractivity contribution is -0.116. The Balaban J connectivity index is 1.63. The van der Waals surface area contributed by atoms with Crippen molar-refractivity contribution in [3.8, 4) is 21.9 Å². The quantitative estimate of drug-likeness (QED) is 0.457. The summed E-state index contributed by atoms with van der Waals surface area (Å²) in [7, 11) is 2.96. The first-order chi connectivity index (χ1) is 14.5. The average Bonchev–Trinajstić information content (AvgIpc) is 3.40. The molecule has 0 spiro atoms. The smallest absolute Gasteiger partial charge is 0.263 e. The number of benzene rings is 1. The van der Waals surface area contributed by atoms with E-state index in [1.165, 1.54) is 42.5 Å². The molecule has 0 unspecified atom stereocenters. The van der Waals surface area contributed by atoms with Gasteiger partial charge in [-0.3, -0.25) is 14.2 Å². The highest BCUT2D eigenvalue weighted by Gasteiger charge is 2.17. The first kappa shape index (κ1) is 20.4. The summed E-state index contributed by atoms with van der Waals surface area (Å²) in [6.07, 6.45) is 1.39. The van der Waals surface area contributed by atoms with E-state index in [0.29, 0.717) is 32.4 Å². The van der Waals surface area contributed by atoms with Crippen LogP contribution in [0.4, 0.5) is 5.69 Å². The Hall–Kier alpha value is -2.88. The molecule has 0 atom stereocenters. The van der Waals surface area contributed by atoms with E-state index in [0.717, 1.165) is 10.4 Å². The number of nitrogens with one attached hydrogen (secondary N) is 1. The fourth-order valence-electron chi connectivity index (χ4n) is 3.00. The number of anilines is 1. The SMILES string of the molecule is COc1cc(OC)c(NC(=O)Cn2cnc3scc(-c4cccs4)c3c2=O)cc1Cl. The van der Waals surface area contributed by atoms with Gasteiger partial charge >= 0.3 is 0 Å². The van der Waals surface area contributed by atoms with Gasteiger partial charge in [-0.15, -0.1) is 22.7 Å². The topological polar surface area (TPSA) is 82.4 Å². The predicted molar refractivity (Wildman–Crippen MR) is 120 cm³/mol. The summed E-state index contributed by atoms with van der Waals surface area (Å²) < 4.78 is 11.7. The zero-order chi connectivity index (χ0) is 21.3. The minimum atomic E-state index is -0.411. The lowest BCUT2D eigenvalue weighted by Crippen LogP contribution is -2.27. The van der Waals surface area contributed by atoms with Gasteiger partial charge in [0.1, 0.15) is 22.9 Å². The number of fused-ring (bicyclic) bond motifs is 1. The molecule has 1 aromatic carbocycles. The number of halogens is 1. The van der Waals surface area contributed by atoms with Crippen molar-refractivity contribution in [2.45, 2.75) is 6.54 Å². The van der Waals surface area contributed by atoms with Gasteiger partial charge in [-0.2, -0.15) is 0 Å². The molecule has 0 aliphatic heterocycles. The van der Waals surface area contributed by atoms with Crippen LogP contribution in [0.1, 0.15) is 0 Å². The van der Waals surface area contributed by atoms with Crippen LogP contribution in [-0.4, -0.2) is 29.7 Å². The van der Waals surface area contributed by atoms with Crippen molar-refractivity contribution in [3.63, 3.8) is 0 Å². The van der Waals surface area contributed by atoms with E-state index in [9.17, 15) is 9.59 Å². The summed E-state index contributed by atoms with van der Waals surface area (Å²) in [4.78, 5) is 31.7. The number of ether oxygens (including phenoxy) is 2. The number of amides is 1. The summed E-state index contributed by atoms with van der Waals surface area (Å²) in [6.45, 7) is -0.200. The summed E-state index contributed by atoms with van der Waals surface area (Å²) in [6, 6.07) is 7.00. The van der Waals surface area contributed by atoms with Crippen LogP contribution in [0, 0.1) is 0 Å². The van der Waals surface area contributed by atoms with E-state index in [1.54, 1.807) is 17.4 Å². The van der Waals surface area contributed by atoms with Crippen LogP contribution in [0.3, 0.4) is 0 Å². The zero-order valence-corrected chi connectivity index (χ0v) is 18.4. The highest BCUT2D eigenvalue weighted by Crippen LogP contribution is 2.36. The molecule has 0 bridgehead atoms. The van der Waals surface area contributed by atoms with Crippen molar-refractivity contribution in [2.24, 2.45) is 0 Å². The third-order valence-corrected chi connectivity index (χ3v) is 6.49. The number of hydrogen-bond donors (Lipinski definition) is 1. The lowest BCUT2D eigenvalue weighted by Gasteiger charge is -2.13. The summed E-state index contributed by atoms with van der Waals surface area (Å²) in [5, 5.41) is 7.44. The second kappa shape index (κ2) is 8.47. The fraction of sp³-hybridized carbons (Fsp3) is 0.150. The van der Waals surface area contributed by atoms with Gasteiger partial charge < -0.3 is 14.8 Å². The number of thiophene rings is 2. The molecule has 7 nitrogen and oxygen atoms in total. The molecule has 30 heavy (non-hydrogen) atoms. The molecule has 0 saturated carbocycles. The second-order valence-corrected chi connectivity index (χ2v) is 8.43. The van der Waals surface area contributed by atoms with Crippen LogP contribution in [0.25, 0.3) is 20.7 Å². The number of methoxy groups -OCH3 is 2. The van der Waals surface area contributed by atoms with Gasteiger partial charge in [0.25, 0.3) is 5.56 Å². The van der Waals surface area contributed by atoms with Crippen molar-refractivity contribution in [1.82, 2.24) is 9.55 Å². The van der Waals surface area contributed by atoms with E-state index >= 15 is 0 Å². The van der Waals surface area contributed by atoms with Crippen LogP contribution in [0.2, 0.25) is 5.02 Å². The van der Waals surface area contributed by atoms with E-state index < -0.39 is 5.91 Å². The number of aromatic nitrogens is 2. The van der Waals surface area contributed by atoms with Gasteiger partial charge in [-0.05, 0) is 17.5 Å². The number of hydrogen-bond acceptors (Lipinski definition) is 7. The minimum Gasteiger partial charge on any atom is -0.495 e. The van der Waals surface area contributed by atoms with Gasteiger partial charge in [0.15, 0.2) is 0 Å². The zero-order valence-electron chi connectivity index (χ0n) is 16.0. The lowest BCUT2D eigenvalue weighted by atomic mass is 10.2. The molecule has 4 aromatic rings. The second-order valence-electron chi connectivity index (χ2n) is 6.22. The van der Waals surface area contributed by atoms with Crippen LogP contribution in [0.15, 0.2) is 46.1 Å². The first-order valence-corrected chi connectivity index (χ1v) is 10.9. The van der Waals surface area contributed by atoms with Crippen molar-refractivity contribution in [3.05, 3.63) is 56.7 Å². The molecule has 10 heteroatoms. The third-order valence-electron chi connectivity index (χ3n) is 4.41. The van der Waals surface area contributed by atoms with E-state index in [4.69, 9.17) is 21.1 Å². The highest BCUT2D eigenvalue weighted by molar-refractivity contribution is 7.18. The fourth-order valence-corrected chi connectivity index (χ4v) is 4.96. The summed E-state index contributed by atoms with van der Waals surface area (Å²) in [5.74, 6) is 0.407. The summed E-state index contributed by atoms with van der Waals surface area (Å²) in [5.41, 5.74) is 0.950. The molecule has 0 aliphatic carbocycles. The Labute approximate surface area is 184 Å². The molecule has 4 rings (SSSR count). The highest BCUT2D eigenvalue weighted by atomic mass is 35.5. The Kier molecular flexibility index (Phi) is 5.76. The average molecular weight is 462 g/mol. The molecule has 0 saturated heterocycles. The maximum atomic E-state index is 13.0. The Morgan fingerprint density at radius 1 is 1.23 bits per heavy atom. The molecule has 0 aliphatic rings. The van der Waals surface area contributed by atoms with Gasteiger partial charge in [-0.25, -0.2) is 4.98 Å². The molecule has 0 fully saturated rings. The summed E-state index contributed by atoms with van der Waals surface area (Å²) >= 11 is 9.11. The van der Waals surface area contributed by atoms with Crippen LogP contribution >= 0.6 is 34.3 Å². The van der Waals surface area contributed by atoms with Crippen LogP contribution in [-0.2, 0) is 11.3 Å². The Morgan fingerprint density at radius 3 is 2.73 bits per heavy atom. The molecular weight excluding hydrogens is 446 g/mol. The van der Waals surface area contributed by atoms with Gasteiger partial charge in [0.05, 0.1) is 36.6 Å². The first-order valence-electron chi connectivity index (χ1n) is 8.73. The third kappa shape index (κ3) is 3.79. The maximum Gasteiger partial charge on any atom is 0.263 e. The predicted octanol–water partition coefficient (Wildman–Crippen LogP) is 4.50. The number of rotatable bonds is 6. The van der Waals surface area contributed by atoms with Crippen LogP contribution < -0.4 is 20.3 Å². The molecule has 0 radical (unpaired) electrons. The largest absolute Gasteiger partial charge is 0.495 e. The number of nitrogens with zero attached hydrogens (tertiary/aromatic N) is 2. The van der Waals surface area contributed by atoms with Gasteiger partial charge in [0, 0.05) is 21.9 Å². The van der Waals surface area contributed by atoms with Crippen molar-refractivity contribution >= 4 is 56.1 Å². The molecule has 3 aromatic heterocycles. The van der Waals surface area contributed by atoms with E-state index in [2.05, 4.69) is 10.3 Å². The standard InChI is InChI=1S/C20H16ClN3O4S2/c1-27-14-7-15(28-2)13(6-12(14)21)23-17(25)8-24-10-22-19-18(20(24)26)11(9-30-19)16-4-3-5-29-16/h3-7,9-10H,8H2,1-2H3,(H,23,25). The maximum absolute atomic E-state index is 13.0. The van der Waals surface area contributed by atoms with Gasteiger partial charge in [-0.1, -0.05) is 17.7 Å². The number of carbonyl (C=O) groups is 1. The molecule has 154 valence electrons. The van der Waals surface area contributed by atoms with E-state index in [1.807, 2.05) is 22.9 Å². The van der Waals surface area contributed by atoms with Crippen molar-refractivity contribution < 1.29 is 14.3 Å². The molecule has 1 N–H and O–H groups in total. The molecule has 3 heterocycles. The monoisotopic (exact) mass is 461 g/mol. The molecule has 1 amide bonds. The number of carbonyl (C=O) groups excluding carboxylic acids is 1. The molecular formula is C20H16ClN3O4S2. The Morgan fingerprint density at radius 2 is 2.03 bits per heavy atom. The van der Waals surface area contributed by atoms with E-state index in [-0.39, 0.29) is 12.1 Å². The Bertz CT molecular complexity index is 1280. The van der Waals surface area contributed by atoms with Crippen LogP contribution in [0.5, 0.6) is 11.5 Å². The van der Waals surface area contributed by atoms with Crippen molar-refractivity contribution in [1.29, 1.82) is 0 Å². The minimum absolute atomic E-state index is 0.200. The van der Waals surface area contributed by atoms with Crippen molar-refractivity contribution in [2.75, 3.05) is 19.5 Å². The van der Waals surface area contributed by atoms with Gasteiger partial charge in [0.2, 0.25) is 5.91 Å².